The molecule has 0 aliphatic carbocycles. The maximum Gasteiger partial charge on any atom is 0.319 e. The molecule has 3 aromatic rings. The number of aromatic nitrogens is 5. The Morgan fingerprint density at radius 3 is 2.90 bits per heavy atom. The molecule has 0 saturated carbocycles. The zero-order valence-electron chi connectivity index (χ0n) is 16.2. The first-order valence-corrected chi connectivity index (χ1v) is 9.26. The molecule has 0 bridgehead atoms. The van der Waals surface area contributed by atoms with E-state index in [1.165, 1.54) is 10.9 Å². The van der Waals surface area contributed by atoms with Crippen molar-refractivity contribution in [2.45, 2.75) is 6.10 Å². The van der Waals surface area contributed by atoms with Crippen molar-refractivity contribution in [1.82, 2.24) is 25.2 Å². The fourth-order valence-electron chi connectivity index (χ4n) is 3.08. The molecular formula is C19H20FN7O3. The molecule has 1 fully saturated rings. The number of anilines is 1. The third kappa shape index (κ3) is 4.26. The highest BCUT2D eigenvalue weighted by molar-refractivity contribution is 5.71. The molecule has 2 aromatic heterocycles. The van der Waals surface area contributed by atoms with Gasteiger partial charge in [-0.3, -0.25) is 9.78 Å². The number of aryl methyl sites for hydroxylation is 1. The Morgan fingerprint density at radius 1 is 1.37 bits per heavy atom. The molecule has 3 heterocycles. The van der Waals surface area contributed by atoms with Gasteiger partial charge in [0.1, 0.15) is 31.0 Å². The number of pyridine rings is 1. The molecule has 4 rings (SSSR count). The van der Waals surface area contributed by atoms with Crippen molar-refractivity contribution in [2.24, 2.45) is 12.8 Å². The van der Waals surface area contributed by atoms with Crippen molar-refractivity contribution >= 4 is 11.7 Å². The van der Waals surface area contributed by atoms with Crippen LogP contribution in [0.5, 0.6) is 0 Å². The van der Waals surface area contributed by atoms with E-state index in [1.54, 1.807) is 31.4 Å². The van der Waals surface area contributed by atoms with Crippen molar-refractivity contribution in [2.75, 3.05) is 31.3 Å². The van der Waals surface area contributed by atoms with Crippen molar-refractivity contribution in [3.05, 3.63) is 42.3 Å². The van der Waals surface area contributed by atoms with Gasteiger partial charge >= 0.3 is 5.97 Å². The summed E-state index contributed by atoms with van der Waals surface area (Å²) in [5, 5.41) is 11.8. The minimum atomic E-state index is -0.484. The predicted molar refractivity (Wildman–Crippen MR) is 105 cm³/mol. The van der Waals surface area contributed by atoms with Crippen LogP contribution in [-0.4, -0.2) is 63.7 Å². The SMILES string of the molecule is Cn1nnc(-c2ccc(-c3ccc(N4CO[C@@H](COC(=O)CN)C4)cc3F)cn2)n1. The summed E-state index contributed by atoms with van der Waals surface area (Å²) >= 11 is 0. The van der Waals surface area contributed by atoms with Crippen LogP contribution in [0.1, 0.15) is 0 Å². The highest BCUT2D eigenvalue weighted by Gasteiger charge is 2.25. The van der Waals surface area contributed by atoms with Gasteiger partial charge in [-0.2, -0.15) is 4.80 Å². The van der Waals surface area contributed by atoms with E-state index >= 15 is 0 Å². The number of esters is 1. The molecule has 11 heteroatoms. The maximum absolute atomic E-state index is 14.8. The number of carbonyl (C=O) groups is 1. The quantitative estimate of drug-likeness (QED) is 0.583. The van der Waals surface area contributed by atoms with Crippen molar-refractivity contribution in [3.63, 3.8) is 0 Å². The fraction of sp³-hybridized carbons (Fsp3) is 0.316. The van der Waals surface area contributed by atoms with Crippen LogP contribution in [-0.2, 0) is 21.3 Å². The number of ether oxygens (including phenoxy) is 2. The summed E-state index contributed by atoms with van der Waals surface area (Å²) in [5.74, 6) is -0.458. The molecule has 1 saturated heterocycles. The third-order valence-corrected chi connectivity index (χ3v) is 4.62. The van der Waals surface area contributed by atoms with Crippen LogP contribution >= 0.6 is 0 Å². The van der Waals surface area contributed by atoms with E-state index in [-0.39, 0.29) is 31.8 Å². The van der Waals surface area contributed by atoms with E-state index in [0.717, 1.165) is 0 Å². The largest absolute Gasteiger partial charge is 0.462 e. The summed E-state index contributed by atoms with van der Waals surface area (Å²) in [4.78, 5) is 18.7. The van der Waals surface area contributed by atoms with Gasteiger partial charge in [0, 0.05) is 29.6 Å². The van der Waals surface area contributed by atoms with Crippen LogP contribution in [0.2, 0.25) is 0 Å². The van der Waals surface area contributed by atoms with Gasteiger partial charge < -0.3 is 20.1 Å². The average Bonchev–Trinajstić information content (AvgIpc) is 3.41. The molecule has 2 N–H and O–H groups in total. The minimum absolute atomic E-state index is 0.117. The van der Waals surface area contributed by atoms with Gasteiger partial charge in [-0.1, -0.05) is 6.07 Å². The number of halogens is 1. The van der Waals surface area contributed by atoms with Gasteiger partial charge in [-0.15, -0.1) is 10.2 Å². The van der Waals surface area contributed by atoms with Crippen molar-refractivity contribution in [1.29, 1.82) is 0 Å². The second kappa shape index (κ2) is 8.51. The third-order valence-electron chi connectivity index (χ3n) is 4.62. The van der Waals surface area contributed by atoms with E-state index in [4.69, 9.17) is 15.2 Å². The number of nitrogens with zero attached hydrogens (tertiary/aromatic N) is 6. The van der Waals surface area contributed by atoms with Gasteiger partial charge in [0.05, 0.1) is 13.6 Å². The normalized spacial score (nSPS) is 16.1. The van der Waals surface area contributed by atoms with Crippen molar-refractivity contribution < 1.29 is 18.7 Å². The lowest BCUT2D eigenvalue weighted by Gasteiger charge is -2.17. The number of nitrogens with two attached hydrogens (primary N) is 1. The Kier molecular flexibility index (Phi) is 5.63. The van der Waals surface area contributed by atoms with Crippen LogP contribution < -0.4 is 10.6 Å². The van der Waals surface area contributed by atoms with Crippen LogP contribution in [0, 0.1) is 5.82 Å². The molecule has 0 radical (unpaired) electrons. The van der Waals surface area contributed by atoms with E-state index < -0.39 is 5.97 Å². The molecule has 0 spiro atoms. The lowest BCUT2D eigenvalue weighted by Crippen LogP contribution is -2.27. The van der Waals surface area contributed by atoms with E-state index in [1.807, 2.05) is 11.0 Å². The molecule has 1 aliphatic heterocycles. The zero-order chi connectivity index (χ0) is 21.1. The minimum Gasteiger partial charge on any atom is -0.462 e. The summed E-state index contributed by atoms with van der Waals surface area (Å²) in [7, 11) is 1.67. The summed E-state index contributed by atoms with van der Waals surface area (Å²) in [6.45, 7) is 0.711. The van der Waals surface area contributed by atoms with Gasteiger partial charge in [-0.25, -0.2) is 4.39 Å². The van der Waals surface area contributed by atoms with Crippen LogP contribution in [0.4, 0.5) is 10.1 Å². The second-order valence-electron chi connectivity index (χ2n) is 6.73. The van der Waals surface area contributed by atoms with Crippen LogP contribution in [0.3, 0.4) is 0 Å². The summed E-state index contributed by atoms with van der Waals surface area (Å²) in [6.07, 6.45) is 1.29. The van der Waals surface area contributed by atoms with Gasteiger partial charge in [-0.05, 0) is 29.5 Å². The Balaban J connectivity index is 1.44. The summed E-state index contributed by atoms with van der Waals surface area (Å²) in [6, 6.07) is 8.45. The highest BCUT2D eigenvalue weighted by atomic mass is 19.1. The standard InChI is InChI=1S/C19H20FN7O3/c1-26-24-19(23-25-26)17-5-2-12(8-22-17)15-4-3-13(6-16(15)20)27-9-14(30-11-27)10-29-18(28)7-21/h2-6,8,14H,7,9-11,21H2,1H3/t14-/m1/s1. The Bertz CT molecular complexity index is 1040. The molecule has 0 amide bonds. The maximum atomic E-state index is 14.8. The molecule has 156 valence electrons. The molecule has 10 nitrogen and oxygen atoms in total. The van der Waals surface area contributed by atoms with E-state index in [0.29, 0.717) is 34.9 Å². The summed E-state index contributed by atoms with van der Waals surface area (Å²) < 4.78 is 25.4. The average molecular weight is 413 g/mol. The van der Waals surface area contributed by atoms with Crippen molar-refractivity contribution in [3.8, 4) is 22.6 Å². The first-order chi connectivity index (χ1) is 14.5. The smallest absolute Gasteiger partial charge is 0.319 e. The van der Waals surface area contributed by atoms with E-state index in [2.05, 4.69) is 20.4 Å². The predicted octanol–water partition coefficient (Wildman–Crippen LogP) is 0.743. The van der Waals surface area contributed by atoms with Crippen LogP contribution in [0.25, 0.3) is 22.6 Å². The first kappa shape index (κ1) is 19.9. The topological polar surface area (TPSA) is 121 Å². The number of hydrogen-bond donors (Lipinski definition) is 1. The lowest BCUT2D eigenvalue weighted by atomic mass is 10.1. The fourth-order valence-corrected chi connectivity index (χ4v) is 3.08. The van der Waals surface area contributed by atoms with Gasteiger partial charge in [0.2, 0.25) is 5.82 Å². The molecule has 30 heavy (non-hydrogen) atoms. The van der Waals surface area contributed by atoms with Crippen LogP contribution in [0.15, 0.2) is 36.5 Å². The Morgan fingerprint density at radius 2 is 2.23 bits per heavy atom. The number of hydrogen-bond acceptors (Lipinski definition) is 9. The molecule has 1 atom stereocenters. The van der Waals surface area contributed by atoms with E-state index in [9.17, 15) is 9.18 Å². The zero-order valence-corrected chi connectivity index (χ0v) is 16.2. The molecular weight excluding hydrogens is 393 g/mol. The molecule has 0 unspecified atom stereocenters. The molecule has 1 aromatic carbocycles. The Hall–Kier alpha value is -3.44. The number of carbonyl (C=O) groups excluding carboxylic acids is 1. The second-order valence-corrected chi connectivity index (χ2v) is 6.73. The molecule has 1 aliphatic rings. The van der Waals surface area contributed by atoms with Gasteiger partial charge in [0.25, 0.3) is 0 Å². The summed E-state index contributed by atoms with van der Waals surface area (Å²) in [5.41, 5.74) is 7.51. The number of tetrazole rings is 1. The lowest BCUT2D eigenvalue weighted by molar-refractivity contribution is -0.144. The van der Waals surface area contributed by atoms with Gasteiger partial charge in [0.15, 0.2) is 0 Å². The monoisotopic (exact) mass is 413 g/mol. The highest BCUT2D eigenvalue weighted by Crippen LogP contribution is 2.28. The first-order valence-electron chi connectivity index (χ1n) is 9.26. The number of rotatable bonds is 6. The Labute approximate surface area is 171 Å². The number of benzene rings is 1.